The number of thiol groups is 1. The first kappa shape index (κ1) is 10.8. The van der Waals surface area contributed by atoms with Crippen LogP contribution in [0.5, 0.6) is 0 Å². The summed E-state index contributed by atoms with van der Waals surface area (Å²) in [5, 5.41) is 0. The molecule has 2 aromatic carbocycles. The molecule has 2 aromatic rings. The third-order valence-corrected chi connectivity index (χ3v) is 2.60. The van der Waals surface area contributed by atoms with Gasteiger partial charge < -0.3 is 5.73 Å². The van der Waals surface area contributed by atoms with Crippen molar-refractivity contribution < 1.29 is 4.79 Å². The maximum atomic E-state index is 12.0. The summed E-state index contributed by atoms with van der Waals surface area (Å²) in [4.78, 5) is 12.8. The highest BCUT2D eigenvalue weighted by molar-refractivity contribution is 7.80. The summed E-state index contributed by atoms with van der Waals surface area (Å²) in [6, 6.07) is 14.0. The Balaban J connectivity index is 2.32. The van der Waals surface area contributed by atoms with Crippen molar-refractivity contribution in [3.8, 4) is 0 Å². The summed E-state index contributed by atoms with van der Waals surface area (Å²) in [5.41, 5.74) is 7.51. The van der Waals surface area contributed by atoms with Gasteiger partial charge >= 0.3 is 0 Å². The molecule has 0 fully saturated rings. The number of benzene rings is 2. The fourth-order valence-electron chi connectivity index (χ4n) is 1.41. The number of carbonyl (C=O) groups excluding carboxylic acids is 1. The predicted octanol–water partition coefficient (Wildman–Crippen LogP) is 2.79. The lowest BCUT2D eigenvalue weighted by atomic mass is 10.0. The summed E-state index contributed by atoms with van der Waals surface area (Å²) in [5.74, 6) is -0.00617. The number of ketones is 1. The quantitative estimate of drug-likeness (QED) is 0.472. The van der Waals surface area contributed by atoms with Crippen molar-refractivity contribution in [2.75, 3.05) is 5.73 Å². The molecule has 2 rings (SSSR count). The van der Waals surface area contributed by atoms with Crippen molar-refractivity contribution in [3.63, 3.8) is 0 Å². The van der Waals surface area contributed by atoms with E-state index in [4.69, 9.17) is 5.73 Å². The zero-order valence-electron chi connectivity index (χ0n) is 8.55. The van der Waals surface area contributed by atoms with Gasteiger partial charge in [-0.05, 0) is 48.5 Å². The van der Waals surface area contributed by atoms with Crippen LogP contribution in [-0.4, -0.2) is 5.78 Å². The van der Waals surface area contributed by atoms with Gasteiger partial charge in [-0.3, -0.25) is 4.79 Å². The average Bonchev–Trinajstić information content (AvgIpc) is 2.30. The monoisotopic (exact) mass is 229 g/mol. The molecule has 2 nitrogen and oxygen atoms in total. The van der Waals surface area contributed by atoms with Gasteiger partial charge in [0.2, 0.25) is 0 Å². The molecular weight excluding hydrogens is 218 g/mol. The van der Waals surface area contributed by atoms with E-state index >= 15 is 0 Å². The van der Waals surface area contributed by atoms with E-state index < -0.39 is 0 Å². The number of carbonyl (C=O) groups is 1. The number of rotatable bonds is 2. The van der Waals surface area contributed by atoms with Gasteiger partial charge in [0.25, 0.3) is 0 Å². The third kappa shape index (κ3) is 2.25. The van der Waals surface area contributed by atoms with E-state index in [1.807, 2.05) is 0 Å². The summed E-state index contributed by atoms with van der Waals surface area (Å²) >= 11 is 4.17. The van der Waals surface area contributed by atoms with Crippen molar-refractivity contribution in [1.82, 2.24) is 0 Å². The minimum absolute atomic E-state index is 0.00617. The number of anilines is 1. The van der Waals surface area contributed by atoms with Crippen LogP contribution in [0, 0.1) is 0 Å². The van der Waals surface area contributed by atoms with Gasteiger partial charge in [-0.25, -0.2) is 0 Å². The lowest BCUT2D eigenvalue weighted by molar-refractivity contribution is 0.103. The van der Waals surface area contributed by atoms with Crippen LogP contribution >= 0.6 is 12.6 Å². The molecule has 0 saturated carbocycles. The molecular formula is C13H11NOS. The number of nitrogens with two attached hydrogens (primary N) is 1. The summed E-state index contributed by atoms with van der Waals surface area (Å²) in [6.45, 7) is 0. The van der Waals surface area contributed by atoms with Crippen molar-refractivity contribution >= 4 is 24.1 Å². The van der Waals surface area contributed by atoms with Crippen molar-refractivity contribution in [3.05, 3.63) is 59.7 Å². The first-order valence-corrected chi connectivity index (χ1v) is 5.31. The van der Waals surface area contributed by atoms with E-state index in [1.54, 1.807) is 48.5 Å². The van der Waals surface area contributed by atoms with Crippen LogP contribution in [0.1, 0.15) is 15.9 Å². The van der Waals surface area contributed by atoms with Crippen molar-refractivity contribution in [2.45, 2.75) is 4.90 Å². The summed E-state index contributed by atoms with van der Waals surface area (Å²) in [6.07, 6.45) is 0. The smallest absolute Gasteiger partial charge is 0.193 e. The standard InChI is InChI=1S/C13H11NOS/c14-11-5-1-9(2-6-11)13(15)10-3-7-12(16)8-4-10/h1-8,16H,14H2. The minimum Gasteiger partial charge on any atom is -0.399 e. The normalized spacial score (nSPS) is 10.1. The maximum absolute atomic E-state index is 12.0. The Kier molecular flexibility index (Phi) is 2.97. The molecule has 0 atom stereocenters. The highest BCUT2D eigenvalue weighted by Gasteiger charge is 2.07. The molecule has 0 heterocycles. The predicted molar refractivity (Wildman–Crippen MR) is 68.0 cm³/mol. The van der Waals surface area contributed by atoms with E-state index in [1.165, 1.54) is 0 Å². The summed E-state index contributed by atoms with van der Waals surface area (Å²) < 4.78 is 0. The molecule has 0 unspecified atom stereocenters. The zero-order valence-corrected chi connectivity index (χ0v) is 9.45. The van der Waals surface area contributed by atoms with E-state index in [0.29, 0.717) is 16.8 Å². The largest absolute Gasteiger partial charge is 0.399 e. The molecule has 0 radical (unpaired) electrons. The van der Waals surface area contributed by atoms with Gasteiger partial charge in [0.1, 0.15) is 0 Å². The lowest BCUT2D eigenvalue weighted by Crippen LogP contribution is -2.01. The van der Waals surface area contributed by atoms with Crippen LogP contribution in [0.25, 0.3) is 0 Å². The van der Waals surface area contributed by atoms with E-state index in [0.717, 1.165) is 4.90 Å². The van der Waals surface area contributed by atoms with Crippen LogP contribution < -0.4 is 5.73 Å². The minimum atomic E-state index is -0.00617. The molecule has 0 saturated heterocycles. The molecule has 0 amide bonds. The molecule has 0 aliphatic rings. The number of nitrogen functional groups attached to an aromatic ring is 1. The van der Waals surface area contributed by atoms with Crippen LogP contribution in [0.15, 0.2) is 53.4 Å². The van der Waals surface area contributed by atoms with E-state index in [9.17, 15) is 4.79 Å². The Hall–Kier alpha value is -1.74. The van der Waals surface area contributed by atoms with Crippen molar-refractivity contribution in [2.24, 2.45) is 0 Å². The summed E-state index contributed by atoms with van der Waals surface area (Å²) in [7, 11) is 0. The van der Waals surface area contributed by atoms with E-state index in [-0.39, 0.29) is 5.78 Å². The van der Waals surface area contributed by atoms with Gasteiger partial charge in [0, 0.05) is 21.7 Å². The zero-order chi connectivity index (χ0) is 11.5. The molecule has 2 N–H and O–H groups in total. The second kappa shape index (κ2) is 4.41. The van der Waals surface area contributed by atoms with Gasteiger partial charge in [-0.1, -0.05) is 0 Å². The van der Waals surface area contributed by atoms with Gasteiger partial charge in [-0.15, -0.1) is 12.6 Å². The Morgan fingerprint density at radius 3 is 1.81 bits per heavy atom. The molecule has 0 aliphatic carbocycles. The molecule has 0 aromatic heterocycles. The van der Waals surface area contributed by atoms with Crippen LogP contribution in [0.2, 0.25) is 0 Å². The molecule has 0 spiro atoms. The SMILES string of the molecule is Nc1ccc(C(=O)c2ccc(S)cc2)cc1. The maximum Gasteiger partial charge on any atom is 0.193 e. The van der Waals surface area contributed by atoms with Gasteiger partial charge in [-0.2, -0.15) is 0 Å². The highest BCUT2D eigenvalue weighted by Crippen LogP contribution is 2.14. The molecule has 80 valence electrons. The van der Waals surface area contributed by atoms with E-state index in [2.05, 4.69) is 12.6 Å². The molecule has 16 heavy (non-hydrogen) atoms. The van der Waals surface area contributed by atoms with Crippen LogP contribution in [0.3, 0.4) is 0 Å². The number of hydrogen-bond acceptors (Lipinski definition) is 3. The highest BCUT2D eigenvalue weighted by atomic mass is 32.1. The Morgan fingerprint density at radius 2 is 1.31 bits per heavy atom. The Bertz CT molecular complexity index is 455. The average molecular weight is 229 g/mol. The first-order valence-electron chi connectivity index (χ1n) is 4.86. The third-order valence-electron chi connectivity index (χ3n) is 2.30. The Morgan fingerprint density at radius 1 is 0.875 bits per heavy atom. The number of hydrogen-bond donors (Lipinski definition) is 2. The van der Waals surface area contributed by atoms with Gasteiger partial charge in [0.05, 0.1) is 0 Å². The Labute approximate surface area is 99.5 Å². The van der Waals surface area contributed by atoms with Crippen molar-refractivity contribution in [1.29, 1.82) is 0 Å². The first-order chi connectivity index (χ1) is 7.66. The second-order valence-electron chi connectivity index (χ2n) is 3.50. The lowest BCUT2D eigenvalue weighted by Gasteiger charge is -2.02. The molecule has 3 heteroatoms. The molecule has 0 bridgehead atoms. The second-order valence-corrected chi connectivity index (χ2v) is 4.01. The molecule has 0 aliphatic heterocycles. The fraction of sp³-hybridized carbons (Fsp3) is 0. The van der Waals surface area contributed by atoms with Crippen LogP contribution in [-0.2, 0) is 0 Å². The fourth-order valence-corrected chi connectivity index (χ4v) is 1.56. The van der Waals surface area contributed by atoms with Crippen LogP contribution in [0.4, 0.5) is 5.69 Å². The topological polar surface area (TPSA) is 43.1 Å². The van der Waals surface area contributed by atoms with Gasteiger partial charge in [0.15, 0.2) is 5.78 Å².